The van der Waals surface area contributed by atoms with Gasteiger partial charge in [-0.25, -0.2) is 9.97 Å². The fourth-order valence-corrected chi connectivity index (χ4v) is 3.56. The maximum absolute atomic E-state index is 13.4. The predicted molar refractivity (Wildman–Crippen MR) is 103 cm³/mol. The first-order chi connectivity index (χ1) is 13.9. The maximum atomic E-state index is 13.4. The molecule has 1 aliphatic heterocycles. The van der Waals surface area contributed by atoms with Gasteiger partial charge in [-0.1, -0.05) is 12.1 Å². The highest BCUT2D eigenvalue weighted by atomic mass is 19.4. The molecule has 8 heteroatoms. The van der Waals surface area contributed by atoms with Crippen LogP contribution in [-0.4, -0.2) is 33.1 Å². The van der Waals surface area contributed by atoms with Gasteiger partial charge in [-0.15, -0.1) is 0 Å². The SMILES string of the molecule is Oc1ccc(C2CCN(c3cc(C(F)(F)F)nc(-c4ccncc4)n3)CC2)cc1. The number of hydrogen-bond donors (Lipinski definition) is 1. The number of rotatable bonds is 3. The van der Waals surface area contributed by atoms with E-state index in [2.05, 4.69) is 15.0 Å². The van der Waals surface area contributed by atoms with Gasteiger partial charge in [0, 0.05) is 37.1 Å². The summed E-state index contributed by atoms with van der Waals surface area (Å²) in [6.45, 7) is 1.19. The van der Waals surface area contributed by atoms with Gasteiger partial charge in [-0.05, 0) is 48.6 Å². The molecule has 1 fully saturated rings. The first-order valence-corrected chi connectivity index (χ1v) is 9.31. The van der Waals surface area contributed by atoms with E-state index < -0.39 is 11.9 Å². The van der Waals surface area contributed by atoms with Gasteiger partial charge in [0.25, 0.3) is 0 Å². The summed E-state index contributed by atoms with van der Waals surface area (Å²) in [6, 6.07) is 11.3. The Balaban J connectivity index is 1.59. The summed E-state index contributed by atoms with van der Waals surface area (Å²) in [5.74, 6) is 0.840. The molecule has 0 aliphatic carbocycles. The highest BCUT2D eigenvalue weighted by Gasteiger charge is 2.34. The molecule has 1 aliphatic rings. The van der Waals surface area contributed by atoms with Crippen molar-refractivity contribution < 1.29 is 18.3 Å². The number of hydrogen-bond acceptors (Lipinski definition) is 5. The Bertz CT molecular complexity index is 969. The fourth-order valence-electron chi connectivity index (χ4n) is 3.56. The van der Waals surface area contributed by atoms with Crippen LogP contribution in [0.5, 0.6) is 5.75 Å². The van der Waals surface area contributed by atoms with Gasteiger partial charge in [-0.3, -0.25) is 4.98 Å². The number of alkyl halides is 3. The van der Waals surface area contributed by atoms with Crippen LogP contribution in [0.3, 0.4) is 0 Å². The van der Waals surface area contributed by atoms with Crippen molar-refractivity contribution in [2.75, 3.05) is 18.0 Å². The van der Waals surface area contributed by atoms with Crippen LogP contribution in [0.2, 0.25) is 0 Å². The third-order valence-corrected chi connectivity index (χ3v) is 5.13. The van der Waals surface area contributed by atoms with Crippen molar-refractivity contribution in [3.63, 3.8) is 0 Å². The fraction of sp³-hybridized carbons (Fsp3) is 0.286. The molecule has 0 atom stereocenters. The zero-order valence-electron chi connectivity index (χ0n) is 15.5. The van der Waals surface area contributed by atoms with Crippen LogP contribution in [0.15, 0.2) is 54.9 Å². The first-order valence-electron chi connectivity index (χ1n) is 9.31. The normalized spacial score (nSPS) is 15.5. The Morgan fingerprint density at radius 2 is 1.59 bits per heavy atom. The molecule has 4 rings (SSSR count). The largest absolute Gasteiger partial charge is 0.508 e. The van der Waals surface area contributed by atoms with Crippen molar-refractivity contribution in [3.8, 4) is 17.1 Å². The van der Waals surface area contributed by atoms with E-state index in [1.54, 1.807) is 24.3 Å². The van der Waals surface area contributed by atoms with Crippen molar-refractivity contribution in [1.29, 1.82) is 0 Å². The molecule has 1 N–H and O–H groups in total. The van der Waals surface area contributed by atoms with Gasteiger partial charge in [0.15, 0.2) is 11.5 Å². The average molecular weight is 400 g/mol. The average Bonchev–Trinajstić information content (AvgIpc) is 2.74. The van der Waals surface area contributed by atoms with Gasteiger partial charge in [0.2, 0.25) is 0 Å². The molecule has 1 saturated heterocycles. The molecule has 2 aromatic heterocycles. The molecular formula is C21H19F3N4O. The van der Waals surface area contributed by atoms with E-state index >= 15 is 0 Å². The number of pyridine rings is 1. The second-order valence-corrected chi connectivity index (χ2v) is 7.02. The van der Waals surface area contributed by atoms with E-state index in [4.69, 9.17) is 0 Å². The predicted octanol–water partition coefficient (Wildman–Crippen LogP) is 4.65. The van der Waals surface area contributed by atoms with E-state index in [0.29, 0.717) is 24.6 Å². The van der Waals surface area contributed by atoms with Crippen LogP contribution in [0.1, 0.15) is 30.0 Å². The number of phenolic OH excluding ortho intramolecular Hbond substituents is 1. The number of piperidine rings is 1. The van der Waals surface area contributed by atoms with Gasteiger partial charge in [-0.2, -0.15) is 13.2 Å². The molecule has 0 spiro atoms. The number of aromatic hydroxyl groups is 1. The number of anilines is 1. The van der Waals surface area contributed by atoms with Crippen LogP contribution in [0, 0.1) is 0 Å². The van der Waals surface area contributed by atoms with Gasteiger partial charge in [0.1, 0.15) is 11.6 Å². The Morgan fingerprint density at radius 1 is 0.931 bits per heavy atom. The van der Waals surface area contributed by atoms with E-state index in [-0.39, 0.29) is 17.4 Å². The minimum Gasteiger partial charge on any atom is -0.508 e. The summed E-state index contributed by atoms with van der Waals surface area (Å²) in [6.07, 6.45) is 0.0365. The number of aromatic nitrogens is 3. The minimum atomic E-state index is -4.55. The summed E-state index contributed by atoms with van der Waals surface area (Å²) in [5.41, 5.74) is 0.667. The Morgan fingerprint density at radius 3 is 2.21 bits per heavy atom. The molecule has 150 valence electrons. The lowest BCUT2D eigenvalue weighted by atomic mass is 9.89. The summed E-state index contributed by atoms with van der Waals surface area (Å²) in [7, 11) is 0. The summed E-state index contributed by atoms with van der Waals surface area (Å²) >= 11 is 0. The molecule has 0 saturated carbocycles. The number of benzene rings is 1. The molecule has 0 radical (unpaired) electrons. The second-order valence-electron chi connectivity index (χ2n) is 7.02. The third-order valence-electron chi connectivity index (χ3n) is 5.13. The number of halogens is 3. The molecular weight excluding hydrogens is 381 g/mol. The molecule has 0 bridgehead atoms. The second kappa shape index (κ2) is 7.69. The minimum absolute atomic E-state index is 0.0397. The Labute approximate surface area is 165 Å². The lowest BCUT2D eigenvalue weighted by Gasteiger charge is -2.33. The Hall–Kier alpha value is -3.16. The molecule has 3 heterocycles. The Kier molecular flexibility index (Phi) is 5.08. The van der Waals surface area contributed by atoms with Crippen LogP contribution >= 0.6 is 0 Å². The van der Waals surface area contributed by atoms with Crippen molar-refractivity contribution in [1.82, 2.24) is 15.0 Å². The quantitative estimate of drug-likeness (QED) is 0.694. The van der Waals surface area contributed by atoms with Crippen molar-refractivity contribution in [2.45, 2.75) is 24.9 Å². The summed E-state index contributed by atoms with van der Waals surface area (Å²) in [5, 5.41) is 9.44. The van der Waals surface area contributed by atoms with Gasteiger partial charge < -0.3 is 10.0 Å². The van der Waals surface area contributed by atoms with Crippen molar-refractivity contribution in [3.05, 3.63) is 66.1 Å². The molecule has 5 nitrogen and oxygen atoms in total. The topological polar surface area (TPSA) is 62.1 Å². The summed E-state index contributed by atoms with van der Waals surface area (Å²) < 4.78 is 40.2. The van der Waals surface area contributed by atoms with Crippen LogP contribution < -0.4 is 4.90 Å². The van der Waals surface area contributed by atoms with Crippen LogP contribution in [0.25, 0.3) is 11.4 Å². The van der Waals surface area contributed by atoms with E-state index in [1.165, 1.54) is 12.4 Å². The van der Waals surface area contributed by atoms with E-state index in [0.717, 1.165) is 24.5 Å². The molecule has 29 heavy (non-hydrogen) atoms. The van der Waals surface area contributed by atoms with E-state index in [1.807, 2.05) is 17.0 Å². The molecule has 0 amide bonds. The number of phenols is 1. The van der Waals surface area contributed by atoms with Crippen LogP contribution in [0.4, 0.5) is 19.0 Å². The van der Waals surface area contributed by atoms with Crippen LogP contribution in [-0.2, 0) is 6.18 Å². The zero-order chi connectivity index (χ0) is 20.4. The summed E-state index contributed by atoms with van der Waals surface area (Å²) in [4.78, 5) is 13.9. The standard InChI is InChI=1S/C21H19F3N4O/c22-21(23,24)18-13-19(27-20(26-18)16-5-9-25-10-6-16)28-11-7-15(8-12-28)14-1-3-17(29)4-2-14/h1-6,9-10,13,15,29H,7-8,11-12H2. The van der Waals surface area contributed by atoms with Gasteiger partial charge in [0.05, 0.1) is 0 Å². The highest BCUT2D eigenvalue weighted by molar-refractivity contribution is 5.57. The third kappa shape index (κ3) is 4.31. The number of nitrogens with zero attached hydrogens (tertiary/aromatic N) is 4. The zero-order valence-corrected chi connectivity index (χ0v) is 15.5. The first kappa shape index (κ1) is 19.2. The van der Waals surface area contributed by atoms with E-state index in [9.17, 15) is 18.3 Å². The maximum Gasteiger partial charge on any atom is 0.433 e. The highest BCUT2D eigenvalue weighted by Crippen LogP contribution is 2.34. The molecule has 3 aromatic rings. The van der Waals surface area contributed by atoms with Crippen molar-refractivity contribution >= 4 is 5.82 Å². The lowest BCUT2D eigenvalue weighted by Crippen LogP contribution is -2.34. The molecule has 0 unspecified atom stereocenters. The van der Waals surface area contributed by atoms with Crippen molar-refractivity contribution in [2.24, 2.45) is 0 Å². The monoisotopic (exact) mass is 400 g/mol. The smallest absolute Gasteiger partial charge is 0.433 e. The van der Waals surface area contributed by atoms with Gasteiger partial charge >= 0.3 is 6.18 Å². The molecule has 1 aromatic carbocycles. The lowest BCUT2D eigenvalue weighted by molar-refractivity contribution is -0.141.